The maximum Gasteiger partial charge on any atom is 0.0702 e. The largest absolute Gasteiger partial charge is 0.377 e. The first-order valence-electron chi connectivity index (χ1n) is 6.57. The molecule has 2 fully saturated rings. The van der Waals surface area contributed by atoms with E-state index in [4.69, 9.17) is 10.5 Å². The van der Waals surface area contributed by atoms with Crippen LogP contribution in [0.2, 0.25) is 0 Å². The van der Waals surface area contributed by atoms with Gasteiger partial charge >= 0.3 is 0 Å². The fraction of sp³-hybridized carbons (Fsp3) is 1.00. The van der Waals surface area contributed by atoms with Gasteiger partial charge in [-0.3, -0.25) is 9.80 Å². The van der Waals surface area contributed by atoms with E-state index in [1.165, 1.54) is 25.9 Å². The highest BCUT2D eigenvalue weighted by molar-refractivity contribution is 4.81. The molecule has 4 nitrogen and oxygen atoms in total. The number of ether oxygens (including phenoxy) is 1. The first-order valence-corrected chi connectivity index (χ1v) is 6.57. The van der Waals surface area contributed by atoms with Crippen molar-refractivity contribution in [1.29, 1.82) is 0 Å². The van der Waals surface area contributed by atoms with Crippen LogP contribution in [0.4, 0.5) is 0 Å². The van der Waals surface area contributed by atoms with Gasteiger partial charge in [0.1, 0.15) is 0 Å². The Hall–Kier alpha value is -0.160. The smallest absolute Gasteiger partial charge is 0.0702 e. The zero-order valence-electron chi connectivity index (χ0n) is 10.4. The summed E-state index contributed by atoms with van der Waals surface area (Å²) in [4.78, 5) is 5.04. The summed E-state index contributed by atoms with van der Waals surface area (Å²) >= 11 is 0. The van der Waals surface area contributed by atoms with Gasteiger partial charge in [0, 0.05) is 51.9 Å². The molecule has 4 heteroatoms. The van der Waals surface area contributed by atoms with Gasteiger partial charge in [-0.15, -0.1) is 0 Å². The Morgan fingerprint density at radius 1 is 1.38 bits per heavy atom. The first kappa shape index (κ1) is 12.3. The van der Waals surface area contributed by atoms with Crippen molar-refractivity contribution in [2.24, 2.45) is 5.73 Å². The van der Waals surface area contributed by atoms with Gasteiger partial charge in [0.25, 0.3) is 0 Å². The zero-order valence-corrected chi connectivity index (χ0v) is 10.4. The molecule has 0 bridgehead atoms. The van der Waals surface area contributed by atoms with E-state index < -0.39 is 0 Å². The van der Waals surface area contributed by atoms with Crippen molar-refractivity contribution < 1.29 is 4.74 Å². The molecule has 2 atom stereocenters. The van der Waals surface area contributed by atoms with Crippen molar-refractivity contribution in [3.05, 3.63) is 0 Å². The SMILES string of the molecule is CC1CN(CC2CCCO2)CCN1CCN. The monoisotopic (exact) mass is 227 g/mol. The van der Waals surface area contributed by atoms with Crippen molar-refractivity contribution in [2.75, 3.05) is 45.9 Å². The van der Waals surface area contributed by atoms with E-state index in [2.05, 4.69) is 16.7 Å². The van der Waals surface area contributed by atoms with Crippen LogP contribution in [0, 0.1) is 0 Å². The fourth-order valence-electron chi connectivity index (χ4n) is 2.81. The molecule has 0 radical (unpaired) electrons. The van der Waals surface area contributed by atoms with Crippen LogP contribution in [0.15, 0.2) is 0 Å². The minimum Gasteiger partial charge on any atom is -0.377 e. The van der Waals surface area contributed by atoms with E-state index in [1.807, 2.05) is 0 Å². The van der Waals surface area contributed by atoms with E-state index in [0.29, 0.717) is 12.1 Å². The maximum atomic E-state index is 5.69. The van der Waals surface area contributed by atoms with Crippen molar-refractivity contribution >= 4 is 0 Å². The molecule has 0 aromatic carbocycles. The fourth-order valence-corrected chi connectivity index (χ4v) is 2.81. The number of hydrogen-bond donors (Lipinski definition) is 1. The van der Waals surface area contributed by atoms with Crippen LogP contribution in [-0.4, -0.2) is 67.8 Å². The lowest BCUT2D eigenvalue weighted by atomic mass is 10.1. The summed E-state index contributed by atoms with van der Waals surface area (Å²) < 4.78 is 5.69. The third-order valence-electron chi connectivity index (χ3n) is 3.75. The van der Waals surface area contributed by atoms with Gasteiger partial charge in [-0.05, 0) is 19.8 Å². The Morgan fingerprint density at radius 3 is 2.88 bits per heavy atom. The summed E-state index contributed by atoms with van der Waals surface area (Å²) in [6, 6.07) is 0.638. The average molecular weight is 227 g/mol. The second kappa shape index (κ2) is 5.96. The quantitative estimate of drug-likeness (QED) is 0.741. The summed E-state index contributed by atoms with van der Waals surface area (Å²) in [5, 5.41) is 0. The van der Waals surface area contributed by atoms with Crippen molar-refractivity contribution in [2.45, 2.75) is 31.9 Å². The zero-order chi connectivity index (χ0) is 11.4. The van der Waals surface area contributed by atoms with Gasteiger partial charge in [-0.1, -0.05) is 0 Å². The van der Waals surface area contributed by atoms with Gasteiger partial charge in [0.05, 0.1) is 6.10 Å². The Morgan fingerprint density at radius 2 is 2.25 bits per heavy atom. The summed E-state index contributed by atoms with van der Waals surface area (Å²) in [7, 11) is 0. The van der Waals surface area contributed by atoms with E-state index in [0.717, 1.165) is 32.8 Å². The number of piperazine rings is 1. The summed E-state index contributed by atoms with van der Waals surface area (Å²) in [5.74, 6) is 0. The molecule has 2 saturated heterocycles. The Labute approximate surface area is 98.7 Å². The Balaban J connectivity index is 1.73. The van der Waals surface area contributed by atoms with Gasteiger partial charge < -0.3 is 10.5 Å². The minimum absolute atomic E-state index is 0.494. The molecule has 0 aromatic rings. The second-order valence-corrected chi connectivity index (χ2v) is 5.07. The van der Waals surface area contributed by atoms with Crippen LogP contribution >= 0.6 is 0 Å². The van der Waals surface area contributed by atoms with Crippen LogP contribution in [0.1, 0.15) is 19.8 Å². The highest BCUT2D eigenvalue weighted by Crippen LogP contribution is 2.16. The topological polar surface area (TPSA) is 41.7 Å². The van der Waals surface area contributed by atoms with Crippen LogP contribution in [0.25, 0.3) is 0 Å². The van der Waals surface area contributed by atoms with Crippen molar-refractivity contribution in [1.82, 2.24) is 9.80 Å². The predicted octanol–water partition coefficient (Wildman–Crippen LogP) is 0.130. The molecule has 2 heterocycles. The molecule has 2 rings (SSSR count). The van der Waals surface area contributed by atoms with Gasteiger partial charge in [0.15, 0.2) is 0 Å². The summed E-state index contributed by atoms with van der Waals surface area (Å²) in [6.45, 7) is 9.70. The standard InChI is InChI=1S/C12H25N3O/c1-11-9-14(6-7-15(11)5-4-13)10-12-3-2-8-16-12/h11-12H,2-10,13H2,1H3. The van der Waals surface area contributed by atoms with Gasteiger partial charge in [-0.25, -0.2) is 0 Å². The van der Waals surface area contributed by atoms with Crippen molar-refractivity contribution in [3.63, 3.8) is 0 Å². The number of nitrogens with two attached hydrogens (primary N) is 1. The molecule has 0 saturated carbocycles. The molecule has 0 amide bonds. The molecular weight excluding hydrogens is 202 g/mol. The van der Waals surface area contributed by atoms with Crippen LogP contribution in [-0.2, 0) is 4.74 Å². The van der Waals surface area contributed by atoms with E-state index >= 15 is 0 Å². The first-order chi connectivity index (χ1) is 7.79. The van der Waals surface area contributed by atoms with Gasteiger partial charge in [-0.2, -0.15) is 0 Å². The molecule has 94 valence electrons. The summed E-state index contributed by atoms with van der Waals surface area (Å²) in [5.41, 5.74) is 5.61. The Kier molecular flexibility index (Phi) is 4.58. The molecule has 0 aromatic heterocycles. The second-order valence-electron chi connectivity index (χ2n) is 5.07. The highest BCUT2D eigenvalue weighted by atomic mass is 16.5. The highest BCUT2D eigenvalue weighted by Gasteiger charge is 2.26. The number of nitrogens with zero attached hydrogens (tertiary/aromatic N) is 2. The molecule has 2 aliphatic heterocycles. The molecule has 16 heavy (non-hydrogen) atoms. The lowest BCUT2D eigenvalue weighted by molar-refractivity contribution is 0.0328. The minimum atomic E-state index is 0.494. The molecular formula is C12H25N3O. The van der Waals surface area contributed by atoms with Crippen molar-refractivity contribution in [3.8, 4) is 0 Å². The lowest BCUT2D eigenvalue weighted by Gasteiger charge is -2.40. The molecule has 0 spiro atoms. The van der Waals surface area contributed by atoms with Crippen LogP contribution in [0.3, 0.4) is 0 Å². The van der Waals surface area contributed by atoms with E-state index in [1.54, 1.807) is 0 Å². The summed E-state index contributed by atoms with van der Waals surface area (Å²) in [6.07, 6.45) is 2.98. The van der Waals surface area contributed by atoms with Crippen LogP contribution < -0.4 is 5.73 Å². The maximum absolute atomic E-state index is 5.69. The molecule has 0 aliphatic carbocycles. The Bertz CT molecular complexity index is 206. The third kappa shape index (κ3) is 3.17. The molecule has 2 N–H and O–H groups in total. The lowest BCUT2D eigenvalue weighted by Crippen LogP contribution is -2.54. The van der Waals surface area contributed by atoms with Crippen LogP contribution in [0.5, 0.6) is 0 Å². The molecule has 2 aliphatic rings. The normalized spacial score (nSPS) is 33.4. The van der Waals surface area contributed by atoms with E-state index in [-0.39, 0.29) is 0 Å². The third-order valence-corrected chi connectivity index (χ3v) is 3.75. The van der Waals surface area contributed by atoms with Gasteiger partial charge in [0.2, 0.25) is 0 Å². The number of rotatable bonds is 4. The molecule has 2 unspecified atom stereocenters. The average Bonchev–Trinajstić information content (AvgIpc) is 2.75. The predicted molar refractivity (Wildman–Crippen MR) is 65.5 cm³/mol. The van der Waals surface area contributed by atoms with E-state index in [9.17, 15) is 0 Å². The number of hydrogen-bond acceptors (Lipinski definition) is 4.